The minimum atomic E-state index is -0.626. The number of aliphatic hydroxyl groups excluding tert-OH is 1. The number of hydrogen-bond acceptors (Lipinski definition) is 3. The first kappa shape index (κ1) is 15.1. The standard InChI is InChI=1S/C13H15Cl2NO2/c1-2-3-6-16-8-11(17)9-18-13-7-10(14)4-5-12(13)15/h4-5,7,11,16-17H,6,8-9H2,1H3. The van der Waals surface area contributed by atoms with Crippen LogP contribution in [0.4, 0.5) is 0 Å². The number of hydrogen-bond donors (Lipinski definition) is 2. The van der Waals surface area contributed by atoms with E-state index in [4.69, 9.17) is 27.9 Å². The van der Waals surface area contributed by atoms with Crippen LogP contribution in [0.2, 0.25) is 10.0 Å². The van der Waals surface area contributed by atoms with E-state index in [2.05, 4.69) is 17.2 Å². The number of ether oxygens (including phenoxy) is 1. The molecule has 0 aliphatic carbocycles. The summed E-state index contributed by atoms with van der Waals surface area (Å²) in [6.45, 7) is 2.87. The van der Waals surface area contributed by atoms with Gasteiger partial charge in [0, 0.05) is 17.6 Å². The van der Waals surface area contributed by atoms with Crippen LogP contribution in [0.3, 0.4) is 0 Å². The molecule has 0 radical (unpaired) electrons. The summed E-state index contributed by atoms with van der Waals surface area (Å²) >= 11 is 11.7. The molecule has 3 nitrogen and oxygen atoms in total. The molecular formula is C13H15Cl2NO2. The minimum absolute atomic E-state index is 0.145. The van der Waals surface area contributed by atoms with Crippen LogP contribution < -0.4 is 10.1 Å². The van der Waals surface area contributed by atoms with Gasteiger partial charge in [-0.25, -0.2) is 0 Å². The van der Waals surface area contributed by atoms with E-state index in [1.54, 1.807) is 25.1 Å². The largest absolute Gasteiger partial charge is 0.489 e. The molecule has 1 aromatic carbocycles. The molecule has 1 aromatic rings. The van der Waals surface area contributed by atoms with Crippen molar-refractivity contribution in [3.8, 4) is 17.6 Å². The van der Waals surface area contributed by atoms with Gasteiger partial charge in [-0.2, -0.15) is 0 Å². The van der Waals surface area contributed by atoms with Gasteiger partial charge in [-0.05, 0) is 19.1 Å². The average molecular weight is 288 g/mol. The Labute approximate surface area is 117 Å². The highest BCUT2D eigenvalue weighted by Gasteiger charge is 2.07. The van der Waals surface area contributed by atoms with E-state index in [1.165, 1.54) is 0 Å². The Balaban J connectivity index is 2.34. The molecule has 0 heterocycles. The molecule has 18 heavy (non-hydrogen) atoms. The van der Waals surface area contributed by atoms with Crippen molar-refractivity contribution >= 4 is 23.2 Å². The first-order valence-electron chi connectivity index (χ1n) is 5.49. The molecule has 0 saturated heterocycles. The second kappa shape index (κ2) is 8.23. The lowest BCUT2D eigenvalue weighted by Gasteiger charge is -2.13. The summed E-state index contributed by atoms with van der Waals surface area (Å²) in [5.74, 6) is 6.07. The van der Waals surface area contributed by atoms with Crippen molar-refractivity contribution < 1.29 is 9.84 Å². The van der Waals surface area contributed by atoms with Gasteiger partial charge in [-0.3, -0.25) is 0 Å². The van der Waals surface area contributed by atoms with E-state index in [0.29, 0.717) is 28.9 Å². The molecule has 1 rings (SSSR count). The molecule has 0 amide bonds. The van der Waals surface area contributed by atoms with Crippen LogP contribution >= 0.6 is 23.2 Å². The lowest BCUT2D eigenvalue weighted by Crippen LogP contribution is -2.31. The SMILES string of the molecule is CC#CCNCC(O)COc1cc(Cl)ccc1Cl. The van der Waals surface area contributed by atoms with Crippen molar-refractivity contribution in [3.05, 3.63) is 28.2 Å². The molecule has 1 unspecified atom stereocenters. The molecule has 1 atom stereocenters. The van der Waals surface area contributed by atoms with Crippen molar-refractivity contribution in [2.45, 2.75) is 13.0 Å². The summed E-state index contributed by atoms with van der Waals surface area (Å²) in [6.07, 6.45) is -0.626. The van der Waals surface area contributed by atoms with Gasteiger partial charge in [0.05, 0.1) is 11.6 Å². The van der Waals surface area contributed by atoms with Crippen LogP contribution in [0.15, 0.2) is 18.2 Å². The highest BCUT2D eigenvalue weighted by atomic mass is 35.5. The van der Waals surface area contributed by atoms with Gasteiger partial charge in [0.15, 0.2) is 0 Å². The molecule has 5 heteroatoms. The van der Waals surface area contributed by atoms with Crippen LogP contribution in [0, 0.1) is 11.8 Å². The maximum Gasteiger partial charge on any atom is 0.139 e. The number of rotatable bonds is 6. The highest BCUT2D eigenvalue weighted by molar-refractivity contribution is 6.34. The highest BCUT2D eigenvalue weighted by Crippen LogP contribution is 2.27. The van der Waals surface area contributed by atoms with Gasteiger partial charge >= 0.3 is 0 Å². The third kappa shape index (κ3) is 5.61. The summed E-state index contributed by atoms with van der Waals surface area (Å²) in [7, 11) is 0. The van der Waals surface area contributed by atoms with Crippen LogP contribution in [0.1, 0.15) is 6.92 Å². The number of aliphatic hydroxyl groups is 1. The normalized spacial score (nSPS) is 11.6. The van der Waals surface area contributed by atoms with Crippen LogP contribution in [0.25, 0.3) is 0 Å². The smallest absolute Gasteiger partial charge is 0.139 e. The molecule has 0 saturated carbocycles. The van der Waals surface area contributed by atoms with E-state index >= 15 is 0 Å². The maximum absolute atomic E-state index is 9.66. The molecule has 0 aromatic heterocycles. The summed E-state index contributed by atoms with van der Waals surface area (Å²) in [4.78, 5) is 0. The Hall–Kier alpha value is -0.920. The first-order valence-corrected chi connectivity index (χ1v) is 6.25. The van der Waals surface area contributed by atoms with Crippen LogP contribution in [-0.2, 0) is 0 Å². The molecule has 0 aliphatic heterocycles. The average Bonchev–Trinajstić information content (AvgIpc) is 2.36. The third-order valence-corrected chi connectivity index (χ3v) is 2.64. The minimum Gasteiger partial charge on any atom is -0.489 e. The number of nitrogens with one attached hydrogen (secondary N) is 1. The number of halogens is 2. The third-order valence-electron chi connectivity index (χ3n) is 2.09. The van der Waals surface area contributed by atoms with Crippen molar-refractivity contribution in [2.24, 2.45) is 0 Å². The van der Waals surface area contributed by atoms with Gasteiger partial charge in [-0.15, -0.1) is 5.92 Å². The van der Waals surface area contributed by atoms with Gasteiger partial charge in [0.1, 0.15) is 18.5 Å². The van der Waals surface area contributed by atoms with E-state index in [1.807, 2.05) is 0 Å². The Morgan fingerprint density at radius 2 is 2.22 bits per heavy atom. The Kier molecular flexibility index (Phi) is 6.92. The van der Waals surface area contributed by atoms with Gasteiger partial charge < -0.3 is 15.2 Å². The second-order valence-electron chi connectivity index (χ2n) is 3.60. The van der Waals surface area contributed by atoms with Gasteiger partial charge in [-0.1, -0.05) is 29.1 Å². The fraction of sp³-hybridized carbons (Fsp3) is 0.385. The zero-order valence-electron chi connectivity index (χ0n) is 10.0. The molecule has 0 aliphatic rings. The lowest BCUT2D eigenvalue weighted by atomic mass is 10.3. The molecule has 0 fully saturated rings. The Morgan fingerprint density at radius 3 is 2.94 bits per heavy atom. The fourth-order valence-corrected chi connectivity index (χ4v) is 1.56. The van der Waals surface area contributed by atoms with Gasteiger partial charge in [0.25, 0.3) is 0 Å². The van der Waals surface area contributed by atoms with E-state index in [-0.39, 0.29) is 6.61 Å². The predicted octanol–water partition coefficient (Wildman–Crippen LogP) is 2.35. The van der Waals surface area contributed by atoms with Crippen molar-refractivity contribution in [1.29, 1.82) is 0 Å². The Morgan fingerprint density at radius 1 is 1.44 bits per heavy atom. The van der Waals surface area contributed by atoms with Crippen LogP contribution in [0.5, 0.6) is 5.75 Å². The summed E-state index contributed by atoms with van der Waals surface area (Å²) < 4.78 is 5.39. The van der Waals surface area contributed by atoms with Crippen molar-refractivity contribution in [2.75, 3.05) is 19.7 Å². The maximum atomic E-state index is 9.66. The van der Waals surface area contributed by atoms with Crippen LogP contribution in [-0.4, -0.2) is 30.9 Å². The van der Waals surface area contributed by atoms with E-state index < -0.39 is 6.10 Å². The number of benzene rings is 1. The summed E-state index contributed by atoms with van der Waals surface area (Å²) in [5, 5.41) is 13.7. The quantitative estimate of drug-likeness (QED) is 0.623. The summed E-state index contributed by atoms with van der Waals surface area (Å²) in [5.41, 5.74) is 0. The van der Waals surface area contributed by atoms with E-state index in [9.17, 15) is 5.11 Å². The van der Waals surface area contributed by atoms with E-state index in [0.717, 1.165) is 0 Å². The lowest BCUT2D eigenvalue weighted by molar-refractivity contribution is 0.107. The monoisotopic (exact) mass is 287 g/mol. The van der Waals surface area contributed by atoms with Crippen molar-refractivity contribution in [3.63, 3.8) is 0 Å². The predicted molar refractivity (Wildman–Crippen MR) is 74.3 cm³/mol. The molecule has 0 bridgehead atoms. The molecule has 2 N–H and O–H groups in total. The zero-order chi connectivity index (χ0) is 13.4. The van der Waals surface area contributed by atoms with Gasteiger partial charge in [0.2, 0.25) is 0 Å². The first-order chi connectivity index (χ1) is 8.63. The summed E-state index contributed by atoms with van der Waals surface area (Å²) in [6, 6.07) is 4.95. The second-order valence-corrected chi connectivity index (χ2v) is 4.44. The Bertz CT molecular complexity index is 440. The van der Waals surface area contributed by atoms with Crippen molar-refractivity contribution in [1.82, 2.24) is 5.32 Å². The fourth-order valence-electron chi connectivity index (χ4n) is 1.22. The molecule has 0 spiro atoms. The molecular weight excluding hydrogens is 273 g/mol. The molecule has 98 valence electrons. The zero-order valence-corrected chi connectivity index (χ0v) is 11.6. The topological polar surface area (TPSA) is 41.5 Å².